The van der Waals surface area contributed by atoms with E-state index in [9.17, 15) is 5.11 Å². The molecule has 0 spiro atoms. The zero-order valence-corrected chi connectivity index (χ0v) is 9.76. The summed E-state index contributed by atoms with van der Waals surface area (Å²) >= 11 is 0. The van der Waals surface area contributed by atoms with E-state index in [0.717, 1.165) is 31.6 Å². The standard InChI is InChI=1S/C12H18N4O/c13-12(14)11-6-10(3-4-15-11)16-5-1-2-9(7-16)8-17/h3-4,6,9,17H,1-2,5,7-8H2,(H3,13,14). The van der Waals surface area contributed by atoms with E-state index in [1.54, 1.807) is 6.20 Å². The Bertz CT molecular complexity index is 407. The second-order valence-electron chi connectivity index (χ2n) is 4.45. The van der Waals surface area contributed by atoms with E-state index < -0.39 is 0 Å². The summed E-state index contributed by atoms with van der Waals surface area (Å²) in [5, 5.41) is 16.6. The number of amidine groups is 1. The van der Waals surface area contributed by atoms with Gasteiger partial charge in [-0.2, -0.15) is 0 Å². The number of aliphatic hydroxyl groups is 1. The molecule has 5 heteroatoms. The first-order valence-electron chi connectivity index (χ1n) is 5.87. The summed E-state index contributed by atoms with van der Waals surface area (Å²) in [4.78, 5) is 6.27. The minimum Gasteiger partial charge on any atom is -0.396 e. The predicted octanol–water partition coefficient (Wildman–Crippen LogP) is 0.574. The Morgan fingerprint density at radius 2 is 2.47 bits per heavy atom. The van der Waals surface area contributed by atoms with Gasteiger partial charge in [-0.1, -0.05) is 0 Å². The fourth-order valence-electron chi connectivity index (χ4n) is 2.21. The highest BCUT2D eigenvalue weighted by Crippen LogP contribution is 2.22. The molecule has 0 aromatic carbocycles. The van der Waals surface area contributed by atoms with Gasteiger partial charge in [0.2, 0.25) is 0 Å². The fourth-order valence-corrected chi connectivity index (χ4v) is 2.21. The third kappa shape index (κ3) is 2.74. The maximum absolute atomic E-state index is 9.21. The lowest BCUT2D eigenvalue weighted by Crippen LogP contribution is -2.36. The van der Waals surface area contributed by atoms with Crippen LogP contribution in [0, 0.1) is 11.3 Å². The molecule has 0 radical (unpaired) electrons. The lowest BCUT2D eigenvalue weighted by Gasteiger charge is -2.33. The molecule has 0 amide bonds. The van der Waals surface area contributed by atoms with E-state index in [1.807, 2.05) is 12.1 Å². The van der Waals surface area contributed by atoms with Crippen LogP contribution in [-0.4, -0.2) is 35.6 Å². The van der Waals surface area contributed by atoms with E-state index in [1.165, 1.54) is 0 Å². The van der Waals surface area contributed by atoms with Gasteiger partial charge in [-0.25, -0.2) is 0 Å². The highest BCUT2D eigenvalue weighted by Gasteiger charge is 2.19. The highest BCUT2D eigenvalue weighted by atomic mass is 16.3. The first kappa shape index (κ1) is 11.9. The minimum atomic E-state index is -0.0115. The molecule has 0 aliphatic carbocycles. The maximum Gasteiger partial charge on any atom is 0.141 e. The molecule has 1 atom stereocenters. The van der Waals surface area contributed by atoms with Gasteiger partial charge in [0, 0.05) is 31.6 Å². The molecule has 92 valence electrons. The molecular weight excluding hydrogens is 216 g/mol. The van der Waals surface area contributed by atoms with Gasteiger partial charge in [-0.3, -0.25) is 10.4 Å². The van der Waals surface area contributed by atoms with Gasteiger partial charge < -0.3 is 15.7 Å². The number of nitrogens with one attached hydrogen (secondary N) is 1. The second kappa shape index (κ2) is 5.14. The lowest BCUT2D eigenvalue weighted by atomic mass is 9.98. The van der Waals surface area contributed by atoms with Gasteiger partial charge in [0.25, 0.3) is 0 Å². The highest BCUT2D eigenvalue weighted by molar-refractivity contribution is 5.93. The molecule has 0 bridgehead atoms. The van der Waals surface area contributed by atoms with E-state index in [4.69, 9.17) is 11.1 Å². The molecule has 1 unspecified atom stereocenters. The van der Waals surface area contributed by atoms with Crippen LogP contribution in [0.4, 0.5) is 5.69 Å². The average Bonchev–Trinajstić information content (AvgIpc) is 2.39. The van der Waals surface area contributed by atoms with Crippen molar-refractivity contribution in [3.8, 4) is 0 Å². The third-order valence-electron chi connectivity index (χ3n) is 3.16. The van der Waals surface area contributed by atoms with Crippen LogP contribution in [0.25, 0.3) is 0 Å². The normalized spacial score (nSPS) is 20.3. The van der Waals surface area contributed by atoms with Crippen molar-refractivity contribution in [2.75, 3.05) is 24.6 Å². The van der Waals surface area contributed by atoms with Gasteiger partial charge in [0.1, 0.15) is 11.5 Å². The van der Waals surface area contributed by atoms with Crippen molar-refractivity contribution >= 4 is 11.5 Å². The number of nitrogens with two attached hydrogens (primary N) is 1. The van der Waals surface area contributed by atoms with Gasteiger partial charge >= 0.3 is 0 Å². The van der Waals surface area contributed by atoms with Crippen LogP contribution >= 0.6 is 0 Å². The number of hydrogen-bond acceptors (Lipinski definition) is 4. The first-order valence-corrected chi connectivity index (χ1v) is 5.87. The molecule has 1 fully saturated rings. The summed E-state index contributed by atoms with van der Waals surface area (Å²) in [5.74, 6) is 0.334. The quantitative estimate of drug-likeness (QED) is 0.527. The number of aromatic nitrogens is 1. The summed E-state index contributed by atoms with van der Waals surface area (Å²) in [6.07, 6.45) is 3.84. The lowest BCUT2D eigenvalue weighted by molar-refractivity contribution is 0.208. The van der Waals surface area contributed by atoms with Crippen molar-refractivity contribution in [1.82, 2.24) is 4.98 Å². The van der Waals surface area contributed by atoms with Crippen LogP contribution in [0.1, 0.15) is 18.5 Å². The van der Waals surface area contributed by atoms with Crippen molar-refractivity contribution in [2.24, 2.45) is 11.7 Å². The van der Waals surface area contributed by atoms with Crippen LogP contribution in [-0.2, 0) is 0 Å². The van der Waals surface area contributed by atoms with Gasteiger partial charge in [0.15, 0.2) is 0 Å². The molecule has 1 aromatic rings. The molecule has 1 saturated heterocycles. The number of nitrogens with zero attached hydrogens (tertiary/aromatic N) is 2. The smallest absolute Gasteiger partial charge is 0.141 e. The zero-order valence-electron chi connectivity index (χ0n) is 9.76. The Labute approximate surface area is 101 Å². The largest absolute Gasteiger partial charge is 0.396 e. The molecule has 1 aliphatic heterocycles. The van der Waals surface area contributed by atoms with Crippen LogP contribution in [0.5, 0.6) is 0 Å². The number of hydrogen-bond donors (Lipinski definition) is 3. The van der Waals surface area contributed by atoms with Gasteiger partial charge in [0.05, 0.1) is 0 Å². The predicted molar refractivity (Wildman–Crippen MR) is 67.3 cm³/mol. The average molecular weight is 234 g/mol. The van der Waals surface area contributed by atoms with E-state index >= 15 is 0 Å². The molecule has 2 rings (SSSR count). The molecule has 5 nitrogen and oxygen atoms in total. The van der Waals surface area contributed by atoms with Crippen molar-refractivity contribution in [1.29, 1.82) is 5.41 Å². The Balaban J connectivity index is 2.16. The number of nitrogen functional groups attached to an aromatic ring is 1. The molecule has 1 aliphatic rings. The number of anilines is 1. The SMILES string of the molecule is N=C(N)c1cc(N2CCCC(CO)C2)ccn1. The summed E-state index contributed by atoms with van der Waals surface area (Å²) in [5.41, 5.74) is 6.97. The number of pyridine rings is 1. The van der Waals surface area contributed by atoms with E-state index in [2.05, 4.69) is 9.88 Å². The Kier molecular flexibility index (Phi) is 3.58. The van der Waals surface area contributed by atoms with Crippen LogP contribution < -0.4 is 10.6 Å². The van der Waals surface area contributed by atoms with E-state index in [-0.39, 0.29) is 12.4 Å². The summed E-state index contributed by atoms with van der Waals surface area (Å²) in [6.45, 7) is 2.08. The number of rotatable bonds is 3. The summed E-state index contributed by atoms with van der Waals surface area (Å²) < 4.78 is 0. The molecule has 0 saturated carbocycles. The van der Waals surface area contributed by atoms with Crippen LogP contribution in [0.3, 0.4) is 0 Å². The van der Waals surface area contributed by atoms with Crippen LogP contribution in [0.15, 0.2) is 18.3 Å². The molecule has 1 aromatic heterocycles. The van der Waals surface area contributed by atoms with Crippen LogP contribution in [0.2, 0.25) is 0 Å². The van der Waals surface area contributed by atoms with Gasteiger partial charge in [-0.15, -0.1) is 0 Å². The van der Waals surface area contributed by atoms with Gasteiger partial charge in [-0.05, 0) is 30.9 Å². The maximum atomic E-state index is 9.21. The zero-order chi connectivity index (χ0) is 12.3. The Morgan fingerprint density at radius 3 is 3.18 bits per heavy atom. The fraction of sp³-hybridized carbons (Fsp3) is 0.500. The van der Waals surface area contributed by atoms with Crippen molar-refractivity contribution in [2.45, 2.75) is 12.8 Å². The monoisotopic (exact) mass is 234 g/mol. The molecule has 2 heterocycles. The molecular formula is C12H18N4O. The third-order valence-corrected chi connectivity index (χ3v) is 3.16. The van der Waals surface area contributed by atoms with Crippen molar-refractivity contribution in [3.05, 3.63) is 24.0 Å². The number of aliphatic hydroxyl groups excluding tert-OH is 1. The topological polar surface area (TPSA) is 86.2 Å². The van der Waals surface area contributed by atoms with E-state index in [0.29, 0.717) is 11.6 Å². The first-order chi connectivity index (χ1) is 8.20. The second-order valence-corrected chi connectivity index (χ2v) is 4.45. The summed E-state index contributed by atoms with van der Waals surface area (Å²) in [7, 11) is 0. The summed E-state index contributed by atoms with van der Waals surface area (Å²) in [6, 6.07) is 3.76. The molecule has 4 N–H and O–H groups in total. The molecule has 17 heavy (non-hydrogen) atoms. The minimum absolute atomic E-state index is 0.0115. The Morgan fingerprint density at radius 1 is 1.65 bits per heavy atom. The van der Waals surface area contributed by atoms with Crippen molar-refractivity contribution < 1.29 is 5.11 Å². The Hall–Kier alpha value is -1.62. The number of piperidine rings is 1. The van der Waals surface area contributed by atoms with Crippen molar-refractivity contribution in [3.63, 3.8) is 0 Å².